The van der Waals surface area contributed by atoms with Crippen LogP contribution in [0.1, 0.15) is 11.1 Å². The fourth-order valence-corrected chi connectivity index (χ4v) is 7.20. The summed E-state index contributed by atoms with van der Waals surface area (Å²) in [7, 11) is 0. The zero-order valence-corrected chi connectivity index (χ0v) is 25.8. The maximum absolute atomic E-state index is 9.90. The summed E-state index contributed by atoms with van der Waals surface area (Å²) in [6, 6.07) is 59.0. The maximum atomic E-state index is 9.90. The molecule has 0 aliphatic heterocycles. The molecule has 7 aromatic carbocycles. The van der Waals surface area contributed by atoms with Gasteiger partial charge in [0.25, 0.3) is 0 Å². The van der Waals surface area contributed by atoms with Crippen LogP contribution >= 0.6 is 0 Å². The zero-order chi connectivity index (χ0) is 32.2. The van der Waals surface area contributed by atoms with Crippen LogP contribution in [0.5, 0.6) is 0 Å². The molecule has 0 N–H and O–H groups in total. The molecule has 222 valence electrons. The van der Waals surface area contributed by atoms with E-state index in [0.29, 0.717) is 11.1 Å². The molecule has 4 heteroatoms. The van der Waals surface area contributed by atoms with E-state index in [2.05, 4.69) is 149 Å². The van der Waals surface area contributed by atoms with Gasteiger partial charge >= 0.3 is 0 Å². The molecule has 0 saturated heterocycles. The van der Waals surface area contributed by atoms with E-state index in [-0.39, 0.29) is 0 Å². The highest BCUT2D eigenvalue weighted by Gasteiger charge is 2.17. The number of hydrogen-bond acceptors (Lipinski definition) is 2. The van der Waals surface area contributed by atoms with Gasteiger partial charge < -0.3 is 9.13 Å². The van der Waals surface area contributed by atoms with Crippen molar-refractivity contribution in [2.24, 2.45) is 0 Å². The summed E-state index contributed by atoms with van der Waals surface area (Å²) in [6.45, 7) is 0. The number of rotatable bonds is 4. The molecule has 0 aliphatic rings. The lowest BCUT2D eigenvalue weighted by atomic mass is 9.96. The normalized spacial score (nSPS) is 11.3. The average molecular weight is 611 g/mol. The van der Waals surface area contributed by atoms with Crippen molar-refractivity contribution in [3.63, 3.8) is 0 Å². The Hall–Kier alpha value is -6.88. The molecule has 48 heavy (non-hydrogen) atoms. The average Bonchev–Trinajstić information content (AvgIpc) is 3.67. The lowest BCUT2D eigenvalue weighted by Crippen LogP contribution is -1.98. The van der Waals surface area contributed by atoms with E-state index in [9.17, 15) is 10.5 Å². The van der Waals surface area contributed by atoms with Crippen molar-refractivity contribution < 1.29 is 0 Å². The summed E-state index contributed by atoms with van der Waals surface area (Å²) in [6.07, 6.45) is 0. The highest BCUT2D eigenvalue weighted by molar-refractivity contribution is 6.10. The van der Waals surface area contributed by atoms with Crippen molar-refractivity contribution in [3.05, 3.63) is 169 Å². The number of nitriles is 2. The molecular formula is C44H26N4. The van der Waals surface area contributed by atoms with Gasteiger partial charge in [-0.05, 0) is 83.4 Å². The maximum Gasteiger partial charge on any atom is 0.0992 e. The Kier molecular flexibility index (Phi) is 6.22. The van der Waals surface area contributed by atoms with E-state index in [1.165, 1.54) is 10.8 Å². The second-order valence-corrected chi connectivity index (χ2v) is 12.0. The van der Waals surface area contributed by atoms with Crippen molar-refractivity contribution in [1.82, 2.24) is 9.13 Å². The van der Waals surface area contributed by atoms with Gasteiger partial charge in [-0.25, -0.2) is 0 Å². The summed E-state index contributed by atoms with van der Waals surface area (Å²) in [5.74, 6) is 0. The minimum absolute atomic E-state index is 0.620. The highest BCUT2D eigenvalue weighted by Crippen LogP contribution is 2.38. The van der Waals surface area contributed by atoms with E-state index in [1.54, 1.807) is 0 Å². The second kappa shape index (κ2) is 10.9. The summed E-state index contributed by atoms with van der Waals surface area (Å²) >= 11 is 0. The molecule has 0 bridgehead atoms. The van der Waals surface area contributed by atoms with E-state index >= 15 is 0 Å². The molecule has 0 aliphatic carbocycles. The van der Waals surface area contributed by atoms with Crippen LogP contribution in [-0.4, -0.2) is 9.13 Å². The van der Waals surface area contributed by atoms with Gasteiger partial charge in [0.1, 0.15) is 0 Å². The summed E-state index contributed by atoms with van der Waals surface area (Å²) in [4.78, 5) is 0. The summed E-state index contributed by atoms with van der Waals surface area (Å²) in [5, 5.41) is 24.2. The third-order valence-electron chi connectivity index (χ3n) is 9.38. The van der Waals surface area contributed by atoms with Gasteiger partial charge in [0.2, 0.25) is 0 Å². The quantitative estimate of drug-likeness (QED) is 0.199. The third-order valence-corrected chi connectivity index (χ3v) is 9.38. The molecule has 0 fully saturated rings. The van der Waals surface area contributed by atoms with Gasteiger partial charge in [0.15, 0.2) is 0 Å². The molecule has 0 unspecified atom stereocenters. The Morgan fingerprint density at radius 2 is 0.917 bits per heavy atom. The van der Waals surface area contributed by atoms with Crippen LogP contribution in [0, 0.1) is 22.7 Å². The molecule has 0 radical (unpaired) electrons. The van der Waals surface area contributed by atoms with Crippen LogP contribution in [-0.2, 0) is 0 Å². The monoisotopic (exact) mass is 610 g/mol. The molecule has 9 aromatic rings. The largest absolute Gasteiger partial charge is 0.309 e. The molecule has 0 spiro atoms. The lowest BCUT2D eigenvalue weighted by Gasteiger charge is -2.15. The van der Waals surface area contributed by atoms with Crippen molar-refractivity contribution in [1.29, 1.82) is 10.5 Å². The minimum Gasteiger partial charge on any atom is -0.309 e. The van der Waals surface area contributed by atoms with Crippen molar-refractivity contribution in [2.75, 3.05) is 0 Å². The summed E-state index contributed by atoms with van der Waals surface area (Å²) in [5.41, 5.74) is 11.9. The van der Waals surface area contributed by atoms with E-state index in [1.807, 2.05) is 30.3 Å². The van der Waals surface area contributed by atoms with Crippen molar-refractivity contribution in [3.8, 4) is 45.8 Å². The number of para-hydroxylation sites is 3. The van der Waals surface area contributed by atoms with Gasteiger partial charge in [-0.2, -0.15) is 10.5 Å². The number of fused-ring (bicyclic) bond motifs is 6. The van der Waals surface area contributed by atoms with E-state index < -0.39 is 0 Å². The fraction of sp³-hybridized carbons (Fsp3) is 0. The molecule has 0 amide bonds. The van der Waals surface area contributed by atoms with Gasteiger partial charge in [0.05, 0.1) is 51.0 Å². The first-order valence-corrected chi connectivity index (χ1v) is 15.9. The molecule has 2 aromatic heterocycles. The predicted octanol–water partition coefficient (Wildman–Crippen LogP) is 11.0. The van der Waals surface area contributed by atoms with Crippen molar-refractivity contribution in [2.45, 2.75) is 0 Å². The van der Waals surface area contributed by atoms with Crippen LogP contribution in [0.4, 0.5) is 0 Å². The number of aromatic nitrogens is 2. The Morgan fingerprint density at radius 1 is 0.375 bits per heavy atom. The molecule has 9 rings (SSSR count). The van der Waals surface area contributed by atoms with Gasteiger partial charge in [0, 0.05) is 32.8 Å². The van der Waals surface area contributed by atoms with Gasteiger partial charge in [-0.15, -0.1) is 0 Å². The minimum atomic E-state index is 0.620. The lowest BCUT2D eigenvalue weighted by molar-refractivity contribution is 1.18. The van der Waals surface area contributed by atoms with Crippen LogP contribution in [0.15, 0.2) is 158 Å². The van der Waals surface area contributed by atoms with Crippen molar-refractivity contribution >= 4 is 43.6 Å². The van der Waals surface area contributed by atoms with Crippen LogP contribution in [0.25, 0.3) is 77.2 Å². The Morgan fingerprint density at radius 3 is 1.56 bits per heavy atom. The van der Waals surface area contributed by atoms with Crippen LogP contribution in [0.2, 0.25) is 0 Å². The number of hydrogen-bond donors (Lipinski definition) is 0. The van der Waals surface area contributed by atoms with E-state index in [4.69, 9.17) is 0 Å². The Balaban J connectivity index is 1.17. The predicted molar refractivity (Wildman–Crippen MR) is 195 cm³/mol. The number of benzene rings is 7. The highest BCUT2D eigenvalue weighted by atomic mass is 15.0. The SMILES string of the molecule is N#Cc1ccc(-n2c3ccccc3c3ccccc32)c(-c2cccc(-c3ccc(-n4c5ccccc5c5ccc(C#N)cc54)cc3)c2)c1. The number of nitrogens with zero attached hydrogens (tertiary/aromatic N) is 4. The molecule has 0 atom stereocenters. The molecule has 2 heterocycles. The third kappa shape index (κ3) is 4.22. The van der Waals surface area contributed by atoms with Gasteiger partial charge in [-0.1, -0.05) is 91.0 Å². The first kappa shape index (κ1) is 27.4. The standard InChI is InChI=1S/C44H26N4/c45-27-29-17-23-43(48-41-14-5-2-10-35(41)36-11-3-6-15-42(36)48)39(24-29)33-9-7-8-32(26-33)31-18-20-34(21-19-31)47-40-13-4-1-12-37(40)38-22-16-30(28-46)25-44(38)47/h1-26H. The second-order valence-electron chi connectivity index (χ2n) is 12.0. The molecule has 0 saturated carbocycles. The smallest absolute Gasteiger partial charge is 0.0992 e. The Labute approximate surface area is 277 Å². The zero-order valence-electron chi connectivity index (χ0n) is 25.8. The van der Waals surface area contributed by atoms with E-state index in [0.717, 1.165) is 66.5 Å². The van der Waals surface area contributed by atoms with Crippen LogP contribution < -0.4 is 0 Å². The summed E-state index contributed by atoms with van der Waals surface area (Å²) < 4.78 is 4.54. The fourth-order valence-electron chi connectivity index (χ4n) is 7.20. The first-order chi connectivity index (χ1) is 23.7. The Bertz CT molecular complexity index is 2750. The molecule has 4 nitrogen and oxygen atoms in total. The topological polar surface area (TPSA) is 57.4 Å². The first-order valence-electron chi connectivity index (χ1n) is 15.9. The van der Waals surface area contributed by atoms with Gasteiger partial charge in [-0.3, -0.25) is 0 Å². The molecular weight excluding hydrogens is 585 g/mol. The van der Waals surface area contributed by atoms with Crippen LogP contribution in [0.3, 0.4) is 0 Å².